The molecule has 1 aliphatic rings. The van der Waals surface area contributed by atoms with Gasteiger partial charge in [0.1, 0.15) is 11.0 Å². The monoisotopic (exact) mass is 488 g/mol. The molecule has 178 valence electrons. The molecule has 35 heavy (non-hydrogen) atoms. The lowest BCUT2D eigenvalue weighted by Crippen LogP contribution is -2.34. The largest absolute Gasteiger partial charge is 0.333 e. The summed E-state index contributed by atoms with van der Waals surface area (Å²) < 4.78 is 15.0. The van der Waals surface area contributed by atoms with Crippen molar-refractivity contribution in [2.24, 2.45) is 0 Å². The van der Waals surface area contributed by atoms with Crippen LogP contribution < -0.4 is 5.32 Å². The number of pyridine rings is 1. The molecule has 0 bridgehead atoms. The topological polar surface area (TPSA) is 50.2 Å². The van der Waals surface area contributed by atoms with Gasteiger partial charge in [-0.15, -0.1) is 0 Å². The number of halogens is 2. The van der Waals surface area contributed by atoms with E-state index in [9.17, 15) is 9.18 Å². The van der Waals surface area contributed by atoms with Gasteiger partial charge >= 0.3 is 6.03 Å². The first-order chi connectivity index (χ1) is 17.0. The quantitative estimate of drug-likeness (QED) is 0.352. The molecule has 0 spiro atoms. The fraction of sp³-hybridized carbons (Fsp3) is 0.214. The number of aryl methyl sites for hydroxylation is 1. The number of benzene rings is 2. The molecule has 1 aliphatic heterocycles. The zero-order valence-electron chi connectivity index (χ0n) is 19.5. The fourth-order valence-electron chi connectivity index (χ4n) is 4.64. The fourth-order valence-corrected chi connectivity index (χ4v) is 4.83. The van der Waals surface area contributed by atoms with Crippen LogP contribution in [0.3, 0.4) is 0 Å². The van der Waals surface area contributed by atoms with Crippen molar-refractivity contribution in [2.75, 3.05) is 13.1 Å². The first-order valence-electron chi connectivity index (χ1n) is 11.6. The lowest BCUT2D eigenvalue weighted by molar-refractivity contribution is 0.240. The van der Waals surface area contributed by atoms with E-state index in [1.54, 1.807) is 24.4 Å². The molecule has 2 aromatic heterocycles. The number of aromatic nitrogens is 2. The van der Waals surface area contributed by atoms with E-state index in [4.69, 9.17) is 11.6 Å². The first kappa shape index (κ1) is 23.3. The highest BCUT2D eigenvalue weighted by Gasteiger charge is 2.26. The number of rotatable bonds is 5. The summed E-state index contributed by atoms with van der Waals surface area (Å²) in [4.78, 5) is 19.7. The molecule has 2 aromatic carbocycles. The Morgan fingerprint density at radius 1 is 1.17 bits per heavy atom. The van der Waals surface area contributed by atoms with Gasteiger partial charge in [0.25, 0.3) is 0 Å². The van der Waals surface area contributed by atoms with Crippen LogP contribution in [0.1, 0.15) is 27.9 Å². The average molecular weight is 489 g/mol. The summed E-state index contributed by atoms with van der Waals surface area (Å²) in [6, 6.07) is 16.2. The van der Waals surface area contributed by atoms with Gasteiger partial charge in [-0.1, -0.05) is 47.5 Å². The summed E-state index contributed by atoms with van der Waals surface area (Å²) in [5.74, 6) is -0.231. The zero-order valence-corrected chi connectivity index (χ0v) is 20.2. The van der Waals surface area contributed by atoms with Crippen LogP contribution in [0.2, 0.25) is 5.15 Å². The summed E-state index contributed by atoms with van der Waals surface area (Å²) in [5.41, 5.74) is 6.23. The van der Waals surface area contributed by atoms with Gasteiger partial charge in [0.15, 0.2) is 0 Å². The van der Waals surface area contributed by atoms with E-state index < -0.39 is 0 Å². The number of nitrogens with one attached hydrogen (secondary N) is 1. The Morgan fingerprint density at radius 2 is 2.00 bits per heavy atom. The lowest BCUT2D eigenvalue weighted by Gasteiger charge is -2.27. The molecular formula is C28H26ClFN4O. The van der Waals surface area contributed by atoms with Crippen LogP contribution in [0.15, 0.2) is 66.9 Å². The van der Waals surface area contributed by atoms with E-state index in [1.165, 1.54) is 17.7 Å². The number of hydrogen-bond donors (Lipinski definition) is 1. The molecule has 0 fully saturated rings. The SMILES string of the molecule is Cc1ccc2c(c1)c1c(n2C(=O)NCc2ccnc(Cl)c2)CCN(CC=Cc2ccc(F)cc2)C1. The molecule has 0 saturated heterocycles. The van der Waals surface area contributed by atoms with Crippen LogP contribution in [-0.4, -0.2) is 33.6 Å². The highest BCUT2D eigenvalue weighted by atomic mass is 35.5. The molecule has 1 N–H and O–H groups in total. The number of carbonyl (C=O) groups excluding carboxylic acids is 1. The van der Waals surface area contributed by atoms with Crippen LogP contribution in [0, 0.1) is 12.7 Å². The molecule has 0 radical (unpaired) electrons. The Morgan fingerprint density at radius 3 is 2.80 bits per heavy atom. The molecule has 5 rings (SSSR count). The van der Waals surface area contributed by atoms with E-state index in [-0.39, 0.29) is 11.8 Å². The molecule has 4 aromatic rings. The minimum atomic E-state index is -0.231. The van der Waals surface area contributed by atoms with E-state index in [1.807, 2.05) is 28.8 Å². The second-order valence-corrected chi connectivity index (χ2v) is 9.25. The van der Waals surface area contributed by atoms with Crippen LogP contribution in [0.5, 0.6) is 0 Å². The van der Waals surface area contributed by atoms with Crippen LogP contribution >= 0.6 is 11.6 Å². The van der Waals surface area contributed by atoms with Gasteiger partial charge in [-0.3, -0.25) is 9.47 Å². The van der Waals surface area contributed by atoms with Crippen molar-refractivity contribution in [2.45, 2.75) is 26.4 Å². The molecule has 3 heterocycles. The Bertz CT molecular complexity index is 1410. The third-order valence-corrected chi connectivity index (χ3v) is 6.57. The van der Waals surface area contributed by atoms with Gasteiger partial charge in [-0.05, 0) is 60.0 Å². The van der Waals surface area contributed by atoms with Crippen molar-refractivity contribution in [1.82, 2.24) is 19.8 Å². The van der Waals surface area contributed by atoms with E-state index in [2.05, 4.69) is 34.3 Å². The maximum atomic E-state index is 13.3. The number of amides is 1. The van der Waals surface area contributed by atoms with Gasteiger partial charge in [0, 0.05) is 49.9 Å². The maximum Gasteiger partial charge on any atom is 0.326 e. The third-order valence-electron chi connectivity index (χ3n) is 6.36. The van der Waals surface area contributed by atoms with Crippen LogP contribution in [-0.2, 0) is 19.5 Å². The van der Waals surface area contributed by atoms with E-state index >= 15 is 0 Å². The third kappa shape index (κ3) is 5.14. The highest BCUT2D eigenvalue weighted by molar-refractivity contribution is 6.29. The summed E-state index contributed by atoms with van der Waals surface area (Å²) in [5, 5.41) is 4.57. The summed E-state index contributed by atoms with van der Waals surface area (Å²) >= 11 is 5.98. The second-order valence-electron chi connectivity index (χ2n) is 8.87. The van der Waals surface area contributed by atoms with Crippen LogP contribution in [0.25, 0.3) is 17.0 Å². The number of carbonyl (C=O) groups is 1. The molecule has 1 amide bonds. The number of fused-ring (bicyclic) bond motifs is 3. The van der Waals surface area contributed by atoms with Gasteiger partial charge in [0.05, 0.1) is 5.52 Å². The second kappa shape index (κ2) is 10.0. The Kier molecular flexibility index (Phi) is 6.66. The Labute approximate surface area is 208 Å². The first-order valence-corrected chi connectivity index (χ1v) is 12.0. The zero-order chi connectivity index (χ0) is 24.4. The number of nitrogens with zero attached hydrogens (tertiary/aromatic N) is 3. The Hall–Kier alpha value is -3.48. The number of hydrogen-bond acceptors (Lipinski definition) is 3. The summed E-state index contributed by atoms with van der Waals surface area (Å²) in [7, 11) is 0. The minimum Gasteiger partial charge on any atom is -0.333 e. The predicted molar refractivity (Wildman–Crippen MR) is 138 cm³/mol. The van der Waals surface area contributed by atoms with Crippen molar-refractivity contribution in [3.05, 3.63) is 106 Å². The molecular weight excluding hydrogens is 463 g/mol. The van der Waals surface area contributed by atoms with Gasteiger partial charge < -0.3 is 5.32 Å². The predicted octanol–water partition coefficient (Wildman–Crippen LogP) is 5.97. The van der Waals surface area contributed by atoms with Crippen molar-refractivity contribution < 1.29 is 9.18 Å². The molecule has 5 nitrogen and oxygen atoms in total. The van der Waals surface area contributed by atoms with Crippen molar-refractivity contribution in [3.8, 4) is 0 Å². The normalized spacial score (nSPS) is 13.9. The van der Waals surface area contributed by atoms with Gasteiger partial charge in [-0.2, -0.15) is 0 Å². The van der Waals surface area contributed by atoms with Gasteiger partial charge in [0.2, 0.25) is 0 Å². The highest BCUT2D eigenvalue weighted by Crippen LogP contribution is 2.31. The van der Waals surface area contributed by atoms with Crippen molar-refractivity contribution in [1.29, 1.82) is 0 Å². The molecule has 0 saturated carbocycles. The molecule has 7 heteroatoms. The molecule has 0 unspecified atom stereocenters. The average Bonchev–Trinajstić information content (AvgIpc) is 3.17. The molecule has 0 atom stereocenters. The smallest absolute Gasteiger partial charge is 0.326 e. The minimum absolute atomic E-state index is 0.141. The van der Waals surface area contributed by atoms with Gasteiger partial charge in [-0.25, -0.2) is 14.2 Å². The van der Waals surface area contributed by atoms with Crippen LogP contribution in [0.4, 0.5) is 9.18 Å². The van der Waals surface area contributed by atoms with Crippen molar-refractivity contribution in [3.63, 3.8) is 0 Å². The lowest BCUT2D eigenvalue weighted by atomic mass is 10.0. The van der Waals surface area contributed by atoms with E-state index in [0.29, 0.717) is 11.7 Å². The van der Waals surface area contributed by atoms with Crippen molar-refractivity contribution >= 4 is 34.6 Å². The standard InChI is InChI=1S/C28H26ClFN4O/c1-19-4-9-25-23(15-19)24-18-33(13-2-3-20-5-7-22(30)8-6-20)14-11-26(24)34(25)28(35)32-17-21-10-12-31-27(29)16-21/h2-10,12,15-16H,11,13-14,17-18H2,1H3,(H,32,35). The summed E-state index contributed by atoms with van der Waals surface area (Å²) in [6.45, 7) is 4.85. The maximum absolute atomic E-state index is 13.3. The van der Waals surface area contributed by atoms with E-state index in [0.717, 1.165) is 59.3 Å². The summed E-state index contributed by atoms with van der Waals surface area (Å²) in [6.07, 6.45) is 6.54. The molecule has 0 aliphatic carbocycles. The Balaban J connectivity index is 1.37.